The molecule has 0 saturated carbocycles. The molecule has 1 aromatic heterocycles. The lowest BCUT2D eigenvalue weighted by atomic mass is 10.2. The van der Waals surface area contributed by atoms with Gasteiger partial charge in [0.15, 0.2) is 0 Å². The number of morpholine rings is 1. The minimum absolute atomic E-state index is 0.213. The molecular formula is C15H18N4O3S. The molecular weight excluding hydrogens is 316 g/mol. The molecule has 0 aliphatic carbocycles. The third kappa shape index (κ3) is 3.19. The van der Waals surface area contributed by atoms with Crippen molar-refractivity contribution in [1.29, 1.82) is 0 Å². The molecule has 1 aliphatic rings. The van der Waals surface area contributed by atoms with Crippen LogP contribution in [-0.2, 0) is 14.8 Å². The fourth-order valence-corrected chi connectivity index (χ4v) is 3.97. The molecule has 7 nitrogen and oxygen atoms in total. The lowest BCUT2D eigenvalue weighted by Crippen LogP contribution is -2.42. The molecule has 1 aromatic carbocycles. The highest BCUT2D eigenvalue weighted by molar-refractivity contribution is 7.89. The van der Waals surface area contributed by atoms with Gasteiger partial charge < -0.3 is 10.1 Å². The highest BCUT2D eigenvalue weighted by Crippen LogP contribution is 2.28. The SMILES string of the molecule is CNc1nccnc1C1CN(S(=O)(=O)c2ccccc2)CCO1. The molecule has 8 heteroatoms. The highest BCUT2D eigenvalue weighted by atomic mass is 32.2. The summed E-state index contributed by atoms with van der Waals surface area (Å²) in [5.74, 6) is 0.594. The minimum atomic E-state index is -3.54. The topological polar surface area (TPSA) is 84.4 Å². The van der Waals surface area contributed by atoms with Crippen molar-refractivity contribution in [1.82, 2.24) is 14.3 Å². The number of rotatable bonds is 4. The molecule has 2 aromatic rings. The van der Waals surface area contributed by atoms with E-state index < -0.39 is 16.1 Å². The Hall–Kier alpha value is -2.03. The fraction of sp³-hybridized carbons (Fsp3) is 0.333. The number of sulfonamides is 1. The van der Waals surface area contributed by atoms with Gasteiger partial charge in [-0.1, -0.05) is 18.2 Å². The maximum atomic E-state index is 12.7. The molecule has 1 atom stereocenters. The van der Waals surface area contributed by atoms with Crippen molar-refractivity contribution in [2.45, 2.75) is 11.0 Å². The zero-order chi connectivity index (χ0) is 16.3. The molecule has 0 spiro atoms. The number of hydrogen-bond acceptors (Lipinski definition) is 6. The van der Waals surface area contributed by atoms with E-state index in [2.05, 4.69) is 15.3 Å². The summed E-state index contributed by atoms with van der Waals surface area (Å²) in [5.41, 5.74) is 0.614. The second-order valence-electron chi connectivity index (χ2n) is 5.08. The summed E-state index contributed by atoms with van der Waals surface area (Å²) >= 11 is 0. The monoisotopic (exact) mass is 334 g/mol. The molecule has 122 valence electrons. The first-order valence-corrected chi connectivity index (χ1v) is 8.72. The van der Waals surface area contributed by atoms with E-state index in [1.165, 1.54) is 4.31 Å². The van der Waals surface area contributed by atoms with Crippen LogP contribution in [0.4, 0.5) is 5.82 Å². The van der Waals surface area contributed by atoms with Gasteiger partial charge in [0, 0.05) is 32.5 Å². The number of hydrogen-bond donors (Lipinski definition) is 1. The number of aromatic nitrogens is 2. The van der Waals surface area contributed by atoms with E-state index >= 15 is 0 Å². The highest BCUT2D eigenvalue weighted by Gasteiger charge is 2.33. The summed E-state index contributed by atoms with van der Waals surface area (Å²) < 4.78 is 32.6. The van der Waals surface area contributed by atoms with Crippen LogP contribution >= 0.6 is 0 Å². The second kappa shape index (κ2) is 6.61. The van der Waals surface area contributed by atoms with Crippen LogP contribution in [0, 0.1) is 0 Å². The van der Waals surface area contributed by atoms with E-state index in [0.717, 1.165) is 0 Å². The first-order chi connectivity index (χ1) is 11.1. The van der Waals surface area contributed by atoms with Gasteiger partial charge in [-0.15, -0.1) is 0 Å². The fourth-order valence-electron chi connectivity index (χ4n) is 2.53. The average Bonchev–Trinajstić information content (AvgIpc) is 2.62. The van der Waals surface area contributed by atoms with Gasteiger partial charge in [-0.3, -0.25) is 4.98 Å². The van der Waals surface area contributed by atoms with Crippen molar-refractivity contribution in [2.75, 3.05) is 32.1 Å². The van der Waals surface area contributed by atoms with Crippen LogP contribution in [-0.4, -0.2) is 49.4 Å². The average molecular weight is 334 g/mol. The van der Waals surface area contributed by atoms with Crippen molar-refractivity contribution >= 4 is 15.8 Å². The molecule has 0 bridgehead atoms. The molecule has 1 fully saturated rings. The van der Waals surface area contributed by atoms with Crippen LogP contribution in [0.1, 0.15) is 11.8 Å². The van der Waals surface area contributed by atoms with Gasteiger partial charge in [0.2, 0.25) is 10.0 Å². The smallest absolute Gasteiger partial charge is 0.243 e. The van der Waals surface area contributed by atoms with Crippen LogP contribution < -0.4 is 5.32 Å². The third-order valence-corrected chi connectivity index (χ3v) is 5.56. The normalized spacial score (nSPS) is 19.4. The number of nitrogens with zero attached hydrogens (tertiary/aromatic N) is 3. The maximum Gasteiger partial charge on any atom is 0.243 e. The Morgan fingerprint density at radius 1 is 1.22 bits per heavy atom. The second-order valence-corrected chi connectivity index (χ2v) is 7.01. The molecule has 1 aliphatic heterocycles. The van der Waals surface area contributed by atoms with E-state index in [1.807, 2.05) is 0 Å². The van der Waals surface area contributed by atoms with Crippen LogP contribution in [0.2, 0.25) is 0 Å². The Labute approximate surface area is 135 Å². The summed E-state index contributed by atoms with van der Waals surface area (Å²) in [6.45, 7) is 0.851. The minimum Gasteiger partial charge on any atom is -0.372 e. The van der Waals surface area contributed by atoms with Gasteiger partial charge in [0.25, 0.3) is 0 Å². The van der Waals surface area contributed by atoms with Gasteiger partial charge in [-0.25, -0.2) is 13.4 Å². The van der Waals surface area contributed by atoms with Gasteiger partial charge in [-0.2, -0.15) is 4.31 Å². The quantitative estimate of drug-likeness (QED) is 0.907. The van der Waals surface area contributed by atoms with Crippen LogP contribution in [0.3, 0.4) is 0 Å². The predicted octanol–water partition coefficient (Wildman–Crippen LogP) is 1.28. The van der Waals surface area contributed by atoms with E-state index in [-0.39, 0.29) is 11.4 Å². The molecule has 3 rings (SSSR count). The summed E-state index contributed by atoms with van der Waals surface area (Å²) in [6.07, 6.45) is 2.71. The van der Waals surface area contributed by atoms with Crippen molar-refractivity contribution in [2.24, 2.45) is 0 Å². The first kappa shape index (κ1) is 15.9. The Morgan fingerprint density at radius 2 is 1.96 bits per heavy atom. The molecule has 23 heavy (non-hydrogen) atoms. The molecule has 1 saturated heterocycles. The lowest BCUT2D eigenvalue weighted by Gasteiger charge is -2.32. The molecule has 2 heterocycles. The predicted molar refractivity (Wildman–Crippen MR) is 85.5 cm³/mol. The zero-order valence-corrected chi connectivity index (χ0v) is 13.5. The van der Waals surface area contributed by atoms with Gasteiger partial charge >= 0.3 is 0 Å². The standard InChI is InChI=1S/C15H18N4O3S/c1-16-15-14(17-7-8-18-15)13-11-19(9-10-22-13)23(20,21)12-5-3-2-4-6-12/h2-8,13H,9-11H2,1H3,(H,16,18). The third-order valence-electron chi connectivity index (χ3n) is 3.68. The van der Waals surface area contributed by atoms with Gasteiger partial charge in [0.1, 0.15) is 17.6 Å². The van der Waals surface area contributed by atoms with Crippen molar-refractivity contribution in [3.05, 3.63) is 48.4 Å². The van der Waals surface area contributed by atoms with Crippen LogP contribution in [0.25, 0.3) is 0 Å². The number of nitrogens with one attached hydrogen (secondary N) is 1. The molecule has 1 unspecified atom stereocenters. The maximum absolute atomic E-state index is 12.7. The summed E-state index contributed by atoms with van der Waals surface area (Å²) in [6, 6.07) is 8.42. The molecule has 0 radical (unpaired) electrons. The zero-order valence-electron chi connectivity index (χ0n) is 12.7. The van der Waals surface area contributed by atoms with Crippen molar-refractivity contribution < 1.29 is 13.2 Å². The van der Waals surface area contributed by atoms with Gasteiger partial charge in [0.05, 0.1) is 11.5 Å². The van der Waals surface area contributed by atoms with Crippen LogP contribution in [0.15, 0.2) is 47.6 Å². The summed E-state index contributed by atoms with van der Waals surface area (Å²) in [5, 5.41) is 2.96. The lowest BCUT2D eigenvalue weighted by molar-refractivity contribution is -0.00468. The van der Waals surface area contributed by atoms with E-state index in [4.69, 9.17) is 4.74 Å². The van der Waals surface area contributed by atoms with Crippen molar-refractivity contribution in [3.8, 4) is 0 Å². The first-order valence-electron chi connectivity index (χ1n) is 7.28. The van der Waals surface area contributed by atoms with Crippen molar-refractivity contribution in [3.63, 3.8) is 0 Å². The largest absolute Gasteiger partial charge is 0.372 e. The number of benzene rings is 1. The Morgan fingerprint density at radius 3 is 2.70 bits per heavy atom. The summed E-state index contributed by atoms with van der Waals surface area (Å²) in [7, 11) is -1.79. The summed E-state index contributed by atoms with van der Waals surface area (Å²) in [4.78, 5) is 8.77. The van der Waals surface area contributed by atoms with Gasteiger partial charge in [-0.05, 0) is 12.1 Å². The molecule has 0 amide bonds. The Kier molecular flexibility index (Phi) is 4.56. The van der Waals surface area contributed by atoms with E-state index in [0.29, 0.717) is 24.7 Å². The Bertz CT molecular complexity index is 767. The molecule has 1 N–H and O–H groups in total. The van der Waals surface area contributed by atoms with Crippen LogP contribution in [0.5, 0.6) is 0 Å². The van der Waals surface area contributed by atoms with E-state index in [1.54, 1.807) is 49.8 Å². The Balaban J connectivity index is 1.87. The number of ether oxygens (including phenoxy) is 1. The van der Waals surface area contributed by atoms with E-state index in [9.17, 15) is 8.42 Å². The number of anilines is 1.